The number of hydrogen-bond acceptors (Lipinski definition) is 3. The topological polar surface area (TPSA) is 87.7 Å². The van der Waals surface area contributed by atoms with Crippen LogP contribution in [0.3, 0.4) is 0 Å². The van der Waals surface area contributed by atoms with Crippen LogP contribution in [0.5, 0.6) is 0 Å². The molecule has 22 heavy (non-hydrogen) atoms. The number of amides is 2. The van der Waals surface area contributed by atoms with Gasteiger partial charge in [-0.25, -0.2) is 9.59 Å². The average Bonchev–Trinajstić information content (AvgIpc) is 3.03. The Labute approximate surface area is 129 Å². The summed E-state index contributed by atoms with van der Waals surface area (Å²) in [6, 6.07) is 6.25. The zero-order valence-electron chi connectivity index (χ0n) is 12.5. The molecule has 1 atom stereocenters. The average molecular weight is 306 g/mol. The first-order chi connectivity index (χ1) is 10.6. The van der Waals surface area contributed by atoms with E-state index in [1.165, 1.54) is 12.1 Å². The summed E-state index contributed by atoms with van der Waals surface area (Å²) < 4.78 is 5.31. The Balaban J connectivity index is 1.59. The largest absolute Gasteiger partial charge is 0.478 e. The van der Waals surface area contributed by atoms with Gasteiger partial charge in [-0.2, -0.15) is 0 Å². The Morgan fingerprint density at radius 3 is 2.64 bits per heavy atom. The second-order valence-corrected chi connectivity index (χ2v) is 5.48. The third-order valence-corrected chi connectivity index (χ3v) is 3.75. The number of hydrogen-bond donors (Lipinski definition) is 3. The monoisotopic (exact) mass is 306 g/mol. The maximum absolute atomic E-state index is 11.6. The predicted octanol–water partition coefficient (Wildman–Crippen LogP) is 2.00. The van der Waals surface area contributed by atoms with Gasteiger partial charge in [-0.05, 0) is 42.9 Å². The van der Waals surface area contributed by atoms with Gasteiger partial charge in [-0.15, -0.1) is 0 Å². The van der Waals surface area contributed by atoms with Crippen molar-refractivity contribution in [3.8, 4) is 0 Å². The molecule has 1 aromatic carbocycles. The molecule has 6 nitrogen and oxygen atoms in total. The van der Waals surface area contributed by atoms with Crippen LogP contribution in [-0.4, -0.2) is 36.9 Å². The van der Waals surface area contributed by atoms with Crippen molar-refractivity contribution in [3.05, 3.63) is 35.4 Å². The molecule has 120 valence electrons. The van der Waals surface area contributed by atoms with Crippen LogP contribution in [-0.2, 0) is 11.3 Å². The second kappa shape index (κ2) is 8.38. The Hall–Kier alpha value is -2.08. The van der Waals surface area contributed by atoms with Crippen LogP contribution in [0.1, 0.15) is 35.2 Å². The highest BCUT2D eigenvalue weighted by molar-refractivity contribution is 5.87. The first-order valence-electron chi connectivity index (χ1n) is 7.57. The van der Waals surface area contributed by atoms with E-state index in [1.54, 1.807) is 12.1 Å². The third-order valence-electron chi connectivity index (χ3n) is 3.75. The van der Waals surface area contributed by atoms with Crippen molar-refractivity contribution in [2.75, 3.05) is 19.8 Å². The minimum Gasteiger partial charge on any atom is -0.478 e. The molecule has 3 N–H and O–H groups in total. The van der Waals surface area contributed by atoms with Gasteiger partial charge >= 0.3 is 12.0 Å². The highest BCUT2D eigenvalue weighted by Crippen LogP contribution is 2.17. The summed E-state index contributed by atoms with van der Waals surface area (Å²) in [5.41, 5.74) is 1.10. The second-order valence-electron chi connectivity index (χ2n) is 5.48. The molecule has 6 heteroatoms. The van der Waals surface area contributed by atoms with Crippen LogP contribution >= 0.6 is 0 Å². The molecule has 2 amide bonds. The summed E-state index contributed by atoms with van der Waals surface area (Å²) in [5, 5.41) is 14.4. The third kappa shape index (κ3) is 5.37. The van der Waals surface area contributed by atoms with Gasteiger partial charge in [0.1, 0.15) is 0 Å². The van der Waals surface area contributed by atoms with E-state index in [0.717, 1.165) is 38.0 Å². The van der Waals surface area contributed by atoms with Gasteiger partial charge in [0.2, 0.25) is 0 Å². The van der Waals surface area contributed by atoms with Crippen LogP contribution in [0.2, 0.25) is 0 Å². The molecule has 1 aliphatic rings. The summed E-state index contributed by atoms with van der Waals surface area (Å²) in [6.45, 7) is 2.74. The van der Waals surface area contributed by atoms with Crippen molar-refractivity contribution in [3.63, 3.8) is 0 Å². The summed E-state index contributed by atoms with van der Waals surface area (Å²) in [4.78, 5) is 22.4. The van der Waals surface area contributed by atoms with Crippen molar-refractivity contribution in [1.82, 2.24) is 10.6 Å². The summed E-state index contributed by atoms with van der Waals surface area (Å²) >= 11 is 0. The van der Waals surface area contributed by atoms with Gasteiger partial charge in [0.15, 0.2) is 0 Å². The highest BCUT2D eigenvalue weighted by Gasteiger charge is 2.14. The predicted molar refractivity (Wildman–Crippen MR) is 81.8 cm³/mol. The molecule has 1 unspecified atom stereocenters. The lowest BCUT2D eigenvalue weighted by atomic mass is 10.0. The zero-order valence-corrected chi connectivity index (χ0v) is 12.5. The van der Waals surface area contributed by atoms with Crippen molar-refractivity contribution in [2.45, 2.75) is 25.8 Å². The Kier molecular flexibility index (Phi) is 6.21. The van der Waals surface area contributed by atoms with Gasteiger partial charge in [-0.1, -0.05) is 12.1 Å². The van der Waals surface area contributed by atoms with E-state index in [1.807, 2.05) is 0 Å². The van der Waals surface area contributed by atoms with Crippen molar-refractivity contribution < 1.29 is 19.4 Å². The molecular formula is C16H22N2O4. The van der Waals surface area contributed by atoms with Crippen LogP contribution < -0.4 is 10.6 Å². The van der Waals surface area contributed by atoms with Gasteiger partial charge in [0.25, 0.3) is 0 Å². The lowest BCUT2D eigenvalue weighted by molar-refractivity contribution is 0.0697. The van der Waals surface area contributed by atoms with Crippen LogP contribution in [0, 0.1) is 5.92 Å². The number of urea groups is 1. The number of nitrogens with one attached hydrogen (secondary N) is 2. The quantitative estimate of drug-likeness (QED) is 0.672. The maximum Gasteiger partial charge on any atom is 0.335 e. The standard InChI is InChI=1S/C16H22N2O4/c19-15(20)14-5-3-12(4-6-14)10-18-16(21)17-8-1-2-13-7-9-22-11-13/h3-6,13H,1-2,7-11H2,(H,19,20)(H2,17,18,21). The summed E-state index contributed by atoms with van der Waals surface area (Å²) in [6.07, 6.45) is 3.16. The minimum absolute atomic E-state index is 0.204. The van der Waals surface area contributed by atoms with Crippen molar-refractivity contribution in [2.24, 2.45) is 5.92 Å². The number of aromatic carboxylic acids is 1. The fourth-order valence-corrected chi connectivity index (χ4v) is 2.41. The molecule has 0 radical (unpaired) electrons. The fraction of sp³-hybridized carbons (Fsp3) is 0.500. The molecule has 0 spiro atoms. The lowest BCUT2D eigenvalue weighted by Gasteiger charge is -2.09. The first-order valence-corrected chi connectivity index (χ1v) is 7.57. The van der Waals surface area contributed by atoms with E-state index in [9.17, 15) is 9.59 Å². The smallest absolute Gasteiger partial charge is 0.335 e. The van der Waals surface area contributed by atoms with Gasteiger partial charge in [0.05, 0.1) is 5.56 Å². The Morgan fingerprint density at radius 2 is 2.00 bits per heavy atom. The minimum atomic E-state index is -0.954. The summed E-state index contributed by atoms with van der Waals surface area (Å²) in [5.74, 6) is -0.317. The van der Waals surface area contributed by atoms with E-state index in [-0.39, 0.29) is 11.6 Å². The Morgan fingerprint density at radius 1 is 1.23 bits per heavy atom. The van der Waals surface area contributed by atoms with Gasteiger partial charge in [-0.3, -0.25) is 0 Å². The van der Waals surface area contributed by atoms with E-state index in [4.69, 9.17) is 9.84 Å². The molecule has 1 saturated heterocycles. The molecule has 1 aliphatic heterocycles. The van der Waals surface area contributed by atoms with Gasteiger partial charge in [0, 0.05) is 26.3 Å². The van der Waals surface area contributed by atoms with Crippen molar-refractivity contribution in [1.29, 1.82) is 0 Å². The lowest BCUT2D eigenvalue weighted by Crippen LogP contribution is -2.35. The SMILES string of the molecule is O=C(NCCCC1CCOC1)NCc1ccc(C(=O)O)cc1. The number of carboxylic acid groups (broad SMARTS) is 1. The molecule has 1 fully saturated rings. The van der Waals surface area contributed by atoms with E-state index in [2.05, 4.69) is 10.6 Å². The van der Waals surface area contributed by atoms with Crippen molar-refractivity contribution >= 4 is 12.0 Å². The van der Waals surface area contributed by atoms with E-state index in [0.29, 0.717) is 19.0 Å². The maximum atomic E-state index is 11.6. The molecule has 2 rings (SSSR count). The number of ether oxygens (including phenoxy) is 1. The molecule has 0 bridgehead atoms. The number of carbonyl (C=O) groups is 2. The Bertz CT molecular complexity index is 495. The molecule has 1 aromatic rings. The highest BCUT2D eigenvalue weighted by atomic mass is 16.5. The van der Waals surface area contributed by atoms with Gasteiger partial charge < -0.3 is 20.5 Å². The molecule has 1 heterocycles. The number of rotatable bonds is 7. The van der Waals surface area contributed by atoms with E-state index < -0.39 is 5.97 Å². The molecule has 0 aliphatic carbocycles. The normalized spacial score (nSPS) is 17.2. The van der Waals surface area contributed by atoms with Crippen LogP contribution in [0.15, 0.2) is 24.3 Å². The van der Waals surface area contributed by atoms with Crippen LogP contribution in [0.4, 0.5) is 4.79 Å². The van der Waals surface area contributed by atoms with E-state index >= 15 is 0 Å². The number of benzene rings is 1. The zero-order chi connectivity index (χ0) is 15.8. The molecule has 0 aromatic heterocycles. The summed E-state index contributed by atoms with van der Waals surface area (Å²) in [7, 11) is 0. The number of carboxylic acids is 1. The number of carbonyl (C=O) groups excluding carboxylic acids is 1. The van der Waals surface area contributed by atoms with Crippen LogP contribution in [0.25, 0.3) is 0 Å². The molecule has 0 saturated carbocycles. The fourth-order valence-electron chi connectivity index (χ4n) is 2.41. The molecular weight excluding hydrogens is 284 g/mol. The first kappa shape index (κ1) is 16.3.